The van der Waals surface area contributed by atoms with Crippen LogP contribution < -0.4 is 5.32 Å². The minimum Gasteiger partial charge on any atom is -0.265 e. The lowest BCUT2D eigenvalue weighted by atomic mass is 9.70. The molecule has 0 radical (unpaired) electrons. The Balaban J connectivity index is 1.85. The standard InChI is InChI=1S/C37H56NS/c1-10-12-14-18-22-37(23-19-15-13-11-2)32-21-17-16-20-29(32)31-26-30-28(25-33(31)37)24-27(3)34(30)36(7,39(8)9)38-35(4,5)6/h16-17,20-21,24-26,34,38H,10-15,18-19,22-23H2,1-9H3/q+1/t34?,36-/m0/s1. The molecule has 2 aromatic carbocycles. The van der Waals surface area contributed by atoms with Gasteiger partial charge in [0, 0.05) is 28.8 Å². The van der Waals surface area contributed by atoms with Gasteiger partial charge in [0.1, 0.15) is 0 Å². The van der Waals surface area contributed by atoms with Gasteiger partial charge in [0.05, 0.1) is 18.4 Å². The zero-order chi connectivity index (χ0) is 28.4. The van der Waals surface area contributed by atoms with Crippen LogP contribution in [-0.2, 0) is 16.3 Å². The maximum absolute atomic E-state index is 4.10. The molecule has 0 fully saturated rings. The van der Waals surface area contributed by atoms with Gasteiger partial charge in [0.15, 0.2) is 4.87 Å². The second kappa shape index (κ2) is 12.2. The molecule has 0 aliphatic heterocycles. The quantitative estimate of drug-likeness (QED) is 0.195. The largest absolute Gasteiger partial charge is 0.265 e. The van der Waals surface area contributed by atoms with Crippen LogP contribution in [0.1, 0.15) is 141 Å². The van der Waals surface area contributed by atoms with E-state index >= 15 is 0 Å². The fourth-order valence-electron chi connectivity index (χ4n) is 7.74. The average molecular weight is 547 g/mol. The van der Waals surface area contributed by atoms with Crippen LogP contribution in [0.3, 0.4) is 0 Å². The molecule has 0 bridgehead atoms. The maximum Gasteiger partial charge on any atom is 0.187 e. The second-order valence-corrected chi connectivity index (χ2v) is 16.4. The van der Waals surface area contributed by atoms with Gasteiger partial charge in [-0.15, -0.1) is 0 Å². The highest BCUT2D eigenvalue weighted by Crippen LogP contribution is 2.57. The number of hydrogen-bond acceptors (Lipinski definition) is 1. The van der Waals surface area contributed by atoms with Crippen LogP contribution in [0.5, 0.6) is 0 Å². The summed E-state index contributed by atoms with van der Waals surface area (Å²) in [6.07, 6.45) is 20.6. The molecule has 0 aromatic heterocycles. The van der Waals surface area contributed by atoms with Crippen molar-refractivity contribution in [1.82, 2.24) is 5.32 Å². The van der Waals surface area contributed by atoms with Crippen LogP contribution in [0.2, 0.25) is 0 Å². The second-order valence-electron chi connectivity index (χ2n) is 13.9. The Morgan fingerprint density at radius 2 is 1.41 bits per heavy atom. The van der Waals surface area contributed by atoms with Crippen molar-refractivity contribution in [3.05, 3.63) is 64.2 Å². The number of hydrogen-bond donors (Lipinski definition) is 1. The Hall–Kier alpha value is -1.51. The zero-order valence-corrected chi connectivity index (χ0v) is 27.4. The molecule has 0 spiro atoms. The van der Waals surface area contributed by atoms with Crippen molar-refractivity contribution in [1.29, 1.82) is 0 Å². The highest BCUT2D eigenvalue weighted by atomic mass is 32.2. The predicted molar refractivity (Wildman–Crippen MR) is 177 cm³/mol. The van der Waals surface area contributed by atoms with E-state index in [0.717, 1.165) is 0 Å². The Labute approximate surface area is 244 Å². The molecule has 0 saturated heterocycles. The lowest BCUT2D eigenvalue weighted by molar-refractivity contribution is 0.324. The first-order valence-corrected chi connectivity index (χ1v) is 17.9. The fraction of sp³-hybridized carbons (Fsp3) is 0.622. The van der Waals surface area contributed by atoms with E-state index in [2.05, 4.69) is 109 Å². The van der Waals surface area contributed by atoms with Crippen molar-refractivity contribution in [2.45, 2.75) is 134 Å². The Morgan fingerprint density at radius 1 is 0.795 bits per heavy atom. The van der Waals surface area contributed by atoms with Gasteiger partial charge in [0.25, 0.3) is 0 Å². The summed E-state index contributed by atoms with van der Waals surface area (Å²) in [5.74, 6) is 0.395. The van der Waals surface area contributed by atoms with E-state index in [1.165, 1.54) is 92.0 Å². The van der Waals surface area contributed by atoms with E-state index in [4.69, 9.17) is 0 Å². The summed E-state index contributed by atoms with van der Waals surface area (Å²) in [7, 11) is 0.193. The molecule has 1 N–H and O–H groups in total. The summed E-state index contributed by atoms with van der Waals surface area (Å²) in [6.45, 7) is 16.5. The van der Waals surface area contributed by atoms with Gasteiger partial charge in [-0.3, -0.25) is 5.32 Å². The van der Waals surface area contributed by atoms with Crippen molar-refractivity contribution in [3.63, 3.8) is 0 Å². The fourth-order valence-corrected chi connectivity index (χ4v) is 9.03. The van der Waals surface area contributed by atoms with Crippen LogP contribution >= 0.6 is 0 Å². The molecule has 2 aliphatic carbocycles. The summed E-state index contributed by atoms with van der Waals surface area (Å²) in [5, 5.41) is 4.10. The summed E-state index contributed by atoms with van der Waals surface area (Å²) in [4.78, 5) is 0.00777. The van der Waals surface area contributed by atoms with Crippen molar-refractivity contribution in [3.8, 4) is 11.1 Å². The molecule has 2 heteroatoms. The van der Waals surface area contributed by atoms with E-state index in [-0.39, 0.29) is 26.7 Å². The highest BCUT2D eigenvalue weighted by Gasteiger charge is 2.51. The molecular weight excluding hydrogens is 490 g/mol. The van der Waals surface area contributed by atoms with Crippen molar-refractivity contribution in [2.24, 2.45) is 0 Å². The molecular formula is C37H56NS+. The highest BCUT2D eigenvalue weighted by molar-refractivity contribution is 7.96. The minimum absolute atomic E-state index is 0.00777. The number of fused-ring (bicyclic) bond motifs is 4. The van der Waals surface area contributed by atoms with Crippen LogP contribution in [0.25, 0.3) is 17.2 Å². The SMILES string of the molecule is CCCCCCC1(CCCCCC)c2ccccc2-c2cc3c(cc21)C=C(C)C3[C@@](C)(NC(C)(C)C)[S+](C)C. The first kappa shape index (κ1) is 30.4. The topological polar surface area (TPSA) is 12.0 Å². The van der Waals surface area contributed by atoms with E-state index in [0.29, 0.717) is 5.92 Å². The van der Waals surface area contributed by atoms with Gasteiger partial charge in [-0.05, 0) is 86.1 Å². The molecule has 1 unspecified atom stereocenters. The van der Waals surface area contributed by atoms with Crippen LogP contribution in [-0.4, -0.2) is 22.9 Å². The molecule has 0 heterocycles. The smallest absolute Gasteiger partial charge is 0.187 e. The van der Waals surface area contributed by atoms with Crippen LogP contribution in [0, 0.1) is 0 Å². The third kappa shape index (κ3) is 5.94. The normalized spacial score (nSPS) is 19.0. The third-order valence-corrected chi connectivity index (χ3v) is 11.6. The molecule has 39 heavy (non-hydrogen) atoms. The average Bonchev–Trinajstić information content (AvgIpc) is 3.34. The molecule has 2 aliphatic rings. The van der Waals surface area contributed by atoms with E-state index in [9.17, 15) is 0 Å². The summed E-state index contributed by atoms with van der Waals surface area (Å²) >= 11 is 0. The maximum atomic E-state index is 4.10. The van der Waals surface area contributed by atoms with E-state index in [1.807, 2.05) is 0 Å². The monoisotopic (exact) mass is 546 g/mol. The van der Waals surface area contributed by atoms with Crippen molar-refractivity contribution < 1.29 is 0 Å². The van der Waals surface area contributed by atoms with Gasteiger partial charge >= 0.3 is 0 Å². The van der Waals surface area contributed by atoms with Gasteiger partial charge < -0.3 is 0 Å². The molecule has 0 saturated carbocycles. The van der Waals surface area contributed by atoms with Gasteiger partial charge in [0.2, 0.25) is 0 Å². The Kier molecular flexibility index (Phi) is 9.49. The van der Waals surface area contributed by atoms with Crippen molar-refractivity contribution >= 4 is 17.0 Å². The van der Waals surface area contributed by atoms with Gasteiger partial charge in [-0.25, -0.2) is 0 Å². The molecule has 214 valence electrons. The lowest BCUT2D eigenvalue weighted by Gasteiger charge is -2.40. The third-order valence-electron chi connectivity index (χ3n) is 9.56. The molecule has 2 aromatic rings. The lowest BCUT2D eigenvalue weighted by Crippen LogP contribution is -2.59. The number of unbranched alkanes of at least 4 members (excludes halogenated alkanes) is 6. The minimum atomic E-state index is 0.00777. The van der Waals surface area contributed by atoms with Crippen LogP contribution in [0.15, 0.2) is 42.0 Å². The number of nitrogens with one attached hydrogen (secondary N) is 1. The van der Waals surface area contributed by atoms with Crippen LogP contribution in [0.4, 0.5) is 0 Å². The zero-order valence-electron chi connectivity index (χ0n) is 26.6. The molecule has 1 nitrogen and oxygen atoms in total. The first-order chi connectivity index (χ1) is 18.5. The predicted octanol–water partition coefficient (Wildman–Crippen LogP) is 10.4. The van der Waals surface area contributed by atoms with Gasteiger partial charge in [-0.1, -0.05) is 101 Å². The number of rotatable bonds is 13. The Morgan fingerprint density at radius 3 is 1.97 bits per heavy atom. The Bertz CT molecular complexity index is 1150. The molecule has 2 atom stereocenters. The first-order valence-electron chi connectivity index (χ1n) is 15.8. The summed E-state index contributed by atoms with van der Waals surface area (Å²) < 4.78 is 0. The number of benzene rings is 2. The van der Waals surface area contributed by atoms with E-state index < -0.39 is 0 Å². The van der Waals surface area contributed by atoms with E-state index in [1.54, 1.807) is 11.1 Å². The van der Waals surface area contributed by atoms with Gasteiger partial charge in [-0.2, -0.15) is 0 Å². The summed E-state index contributed by atoms with van der Waals surface area (Å²) in [5.41, 5.74) is 11.0. The molecule has 0 amide bonds. The molecule has 4 rings (SSSR count). The van der Waals surface area contributed by atoms with Crippen molar-refractivity contribution in [2.75, 3.05) is 12.5 Å². The summed E-state index contributed by atoms with van der Waals surface area (Å²) in [6, 6.07) is 14.7.